The molecule has 0 aromatic heterocycles. The van der Waals surface area contributed by atoms with Crippen LogP contribution in [0.3, 0.4) is 0 Å². The highest BCUT2D eigenvalue weighted by molar-refractivity contribution is 5.95. The van der Waals surface area contributed by atoms with Crippen molar-refractivity contribution in [1.29, 1.82) is 0 Å². The second-order valence-corrected chi connectivity index (χ2v) is 6.20. The smallest absolute Gasteiger partial charge is 0.251 e. The van der Waals surface area contributed by atoms with Crippen LogP contribution in [-0.4, -0.2) is 24.1 Å². The molecule has 1 aliphatic rings. The fourth-order valence-electron chi connectivity index (χ4n) is 2.99. The molecule has 0 spiro atoms. The van der Waals surface area contributed by atoms with Crippen LogP contribution in [0.4, 0.5) is 0 Å². The molecule has 5 heteroatoms. The van der Waals surface area contributed by atoms with Crippen LogP contribution in [-0.2, 0) is 0 Å². The van der Waals surface area contributed by atoms with E-state index in [4.69, 9.17) is 10.5 Å². The summed E-state index contributed by atoms with van der Waals surface area (Å²) in [6.07, 6.45) is 6.63. The van der Waals surface area contributed by atoms with E-state index in [1.165, 1.54) is 12.8 Å². The zero-order chi connectivity index (χ0) is 16.0. The number of carbonyl (C=O) groups is 1. The summed E-state index contributed by atoms with van der Waals surface area (Å²) in [5, 5.41) is 3.10. The quantitative estimate of drug-likeness (QED) is 0.795. The highest BCUT2D eigenvalue weighted by Crippen LogP contribution is 2.25. The summed E-state index contributed by atoms with van der Waals surface area (Å²) in [7, 11) is 0. The zero-order valence-corrected chi connectivity index (χ0v) is 15.0. The van der Waals surface area contributed by atoms with Crippen molar-refractivity contribution in [2.45, 2.75) is 64.0 Å². The predicted molar refractivity (Wildman–Crippen MR) is 96.4 cm³/mol. The Balaban J connectivity index is 0.00000264. The van der Waals surface area contributed by atoms with E-state index in [1.54, 1.807) is 0 Å². The maximum Gasteiger partial charge on any atom is 0.251 e. The van der Waals surface area contributed by atoms with E-state index in [1.807, 2.05) is 24.3 Å². The van der Waals surface area contributed by atoms with Gasteiger partial charge in [-0.05, 0) is 56.7 Å². The fourth-order valence-corrected chi connectivity index (χ4v) is 2.99. The number of amides is 1. The Morgan fingerprint density at radius 1 is 1.30 bits per heavy atom. The molecule has 1 aromatic carbocycles. The Labute approximate surface area is 145 Å². The third-order valence-electron chi connectivity index (χ3n) is 4.82. The van der Waals surface area contributed by atoms with Gasteiger partial charge >= 0.3 is 0 Å². The minimum Gasteiger partial charge on any atom is -0.490 e. The SMILES string of the molecule is CCC(CC)(CN)NC(=O)c1cccc(OC2CCCC2)c1.Cl. The van der Waals surface area contributed by atoms with Crippen LogP contribution in [0.25, 0.3) is 0 Å². The molecule has 1 amide bonds. The first-order chi connectivity index (χ1) is 10.6. The van der Waals surface area contributed by atoms with Crippen LogP contribution in [0.5, 0.6) is 5.75 Å². The van der Waals surface area contributed by atoms with E-state index in [-0.39, 0.29) is 23.9 Å². The Bertz CT molecular complexity index is 489. The van der Waals surface area contributed by atoms with Gasteiger partial charge in [-0.15, -0.1) is 12.4 Å². The van der Waals surface area contributed by atoms with Gasteiger partial charge in [0.1, 0.15) is 5.75 Å². The second kappa shape index (κ2) is 9.14. The lowest BCUT2D eigenvalue weighted by atomic mass is 9.92. The summed E-state index contributed by atoms with van der Waals surface area (Å²) in [6, 6.07) is 7.45. The van der Waals surface area contributed by atoms with Gasteiger partial charge in [0.15, 0.2) is 0 Å². The van der Waals surface area contributed by atoms with Gasteiger partial charge in [-0.25, -0.2) is 0 Å². The number of nitrogens with two attached hydrogens (primary N) is 1. The van der Waals surface area contributed by atoms with Crippen molar-refractivity contribution in [2.24, 2.45) is 5.73 Å². The predicted octanol–water partition coefficient (Wildman–Crippen LogP) is 3.68. The zero-order valence-electron chi connectivity index (χ0n) is 14.1. The lowest BCUT2D eigenvalue weighted by molar-refractivity contribution is 0.0894. The number of ether oxygens (including phenoxy) is 1. The summed E-state index contributed by atoms with van der Waals surface area (Å²) >= 11 is 0. The number of nitrogens with one attached hydrogen (secondary N) is 1. The van der Waals surface area contributed by atoms with Crippen LogP contribution in [0, 0.1) is 0 Å². The van der Waals surface area contributed by atoms with Crippen LogP contribution in [0.15, 0.2) is 24.3 Å². The number of benzene rings is 1. The van der Waals surface area contributed by atoms with Gasteiger partial charge in [-0.2, -0.15) is 0 Å². The molecule has 0 saturated heterocycles. The average molecular weight is 341 g/mol. The summed E-state index contributed by atoms with van der Waals surface area (Å²) in [6.45, 7) is 4.55. The van der Waals surface area contributed by atoms with Crippen molar-refractivity contribution in [1.82, 2.24) is 5.32 Å². The molecule has 0 radical (unpaired) electrons. The molecule has 23 heavy (non-hydrogen) atoms. The number of halogens is 1. The van der Waals surface area contributed by atoms with Gasteiger partial charge in [0.25, 0.3) is 5.91 Å². The van der Waals surface area contributed by atoms with E-state index >= 15 is 0 Å². The molecule has 1 aliphatic carbocycles. The third-order valence-corrected chi connectivity index (χ3v) is 4.82. The maximum absolute atomic E-state index is 12.5. The molecule has 0 aliphatic heterocycles. The van der Waals surface area contributed by atoms with Crippen LogP contribution in [0.1, 0.15) is 62.7 Å². The molecule has 0 unspecified atom stereocenters. The molecule has 4 nitrogen and oxygen atoms in total. The van der Waals surface area contributed by atoms with Gasteiger partial charge in [-0.1, -0.05) is 19.9 Å². The Kier molecular flexibility index (Phi) is 7.86. The van der Waals surface area contributed by atoms with Crippen LogP contribution in [0.2, 0.25) is 0 Å². The topological polar surface area (TPSA) is 64.3 Å². The first-order valence-electron chi connectivity index (χ1n) is 8.41. The maximum atomic E-state index is 12.5. The molecular formula is C18H29ClN2O2. The van der Waals surface area contributed by atoms with Gasteiger partial charge in [0, 0.05) is 12.1 Å². The minimum atomic E-state index is -0.320. The highest BCUT2D eigenvalue weighted by Gasteiger charge is 2.27. The standard InChI is InChI=1S/C18H28N2O2.ClH/c1-3-18(4-2,13-19)20-17(21)14-8-7-11-16(12-14)22-15-9-5-6-10-15;/h7-8,11-12,15H,3-6,9-10,13,19H2,1-2H3,(H,20,21);1H. The van der Waals surface area contributed by atoms with Crippen molar-refractivity contribution >= 4 is 18.3 Å². The number of rotatable bonds is 7. The van der Waals surface area contributed by atoms with Crippen molar-refractivity contribution in [2.75, 3.05) is 6.54 Å². The van der Waals surface area contributed by atoms with Gasteiger partial charge in [0.05, 0.1) is 11.6 Å². The molecular weight excluding hydrogens is 312 g/mol. The first kappa shape index (κ1) is 19.8. The van der Waals surface area contributed by atoms with Crippen molar-refractivity contribution < 1.29 is 9.53 Å². The van der Waals surface area contributed by atoms with E-state index in [2.05, 4.69) is 19.2 Å². The normalized spacial score (nSPS) is 15.1. The van der Waals surface area contributed by atoms with Gasteiger partial charge in [0.2, 0.25) is 0 Å². The largest absolute Gasteiger partial charge is 0.490 e. The monoisotopic (exact) mass is 340 g/mol. The molecule has 3 N–H and O–H groups in total. The molecule has 0 bridgehead atoms. The van der Waals surface area contributed by atoms with Crippen molar-refractivity contribution in [3.05, 3.63) is 29.8 Å². The Morgan fingerprint density at radius 2 is 1.96 bits per heavy atom. The summed E-state index contributed by atoms with van der Waals surface area (Å²) < 4.78 is 5.97. The van der Waals surface area contributed by atoms with Gasteiger partial charge < -0.3 is 15.8 Å². The number of carbonyl (C=O) groups excluding carboxylic acids is 1. The molecule has 1 fully saturated rings. The van der Waals surface area contributed by atoms with Gasteiger partial charge in [-0.3, -0.25) is 4.79 Å². The average Bonchev–Trinajstić information content (AvgIpc) is 3.06. The molecule has 1 saturated carbocycles. The third kappa shape index (κ3) is 5.11. The van der Waals surface area contributed by atoms with E-state index in [9.17, 15) is 4.79 Å². The second-order valence-electron chi connectivity index (χ2n) is 6.20. The fraction of sp³-hybridized carbons (Fsp3) is 0.611. The Hall–Kier alpha value is -1.26. The van der Waals surface area contributed by atoms with E-state index in [0.29, 0.717) is 18.2 Å². The lowest BCUT2D eigenvalue weighted by Crippen LogP contribution is -2.52. The highest BCUT2D eigenvalue weighted by atomic mass is 35.5. The van der Waals surface area contributed by atoms with Crippen LogP contribution < -0.4 is 15.8 Å². The summed E-state index contributed by atoms with van der Waals surface area (Å²) in [5.41, 5.74) is 6.17. The summed E-state index contributed by atoms with van der Waals surface area (Å²) in [5.74, 6) is 0.705. The molecule has 0 atom stereocenters. The molecule has 1 aromatic rings. The molecule has 2 rings (SSSR count). The Morgan fingerprint density at radius 3 is 2.52 bits per heavy atom. The van der Waals surface area contributed by atoms with E-state index < -0.39 is 0 Å². The molecule has 0 heterocycles. The van der Waals surface area contributed by atoms with Crippen LogP contribution >= 0.6 is 12.4 Å². The number of hydrogen-bond acceptors (Lipinski definition) is 3. The first-order valence-corrected chi connectivity index (χ1v) is 8.41. The van der Waals surface area contributed by atoms with Crippen molar-refractivity contribution in [3.63, 3.8) is 0 Å². The van der Waals surface area contributed by atoms with E-state index in [0.717, 1.165) is 31.4 Å². The summed E-state index contributed by atoms with van der Waals surface area (Å²) in [4.78, 5) is 12.5. The van der Waals surface area contributed by atoms with Crippen molar-refractivity contribution in [3.8, 4) is 5.75 Å². The minimum absolute atomic E-state index is 0. The number of hydrogen-bond donors (Lipinski definition) is 2. The lowest BCUT2D eigenvalue weighted by Gasteiger charge is -2.31. The molecule has 130 valence electrons.